The maximum absolute atomic E-state index is 12.8. The van der Waals surface area contributed by atoms with Crippen molar-refractivity contribution < 1.29 is 38.2 Å². The zero-order chi connectivity index (χ0) is 49.2. The number of unbranched alkanes of at least 4 members (excludes halogenated alkanes) is 23. The topological polar surface area (TPSA) is 99.1 Å². The third kappa shape index (κ3) is 47.6. The molecule has 0 aromatic heterocycles. The number of ether oxygens (including phenoxy) is 3. The van der Waals surface area contributed by atoms with Crippen LogP contribution in [0.2, 0.25) is 0 Å². The van der Waals surface area contributed by atoms with Crippen LogP contribution in [0.4, 0.5) is 0 Å². The van der Waals surface area contributed by atoms with Gasteiger partial charge >= 0.3 is 17.9 Å². The molecule has 8 nitrogen and oxygen atoms in total. The first kappa shape index (κ1) is 63.8. The molecule has 0 aromatic carbocycles. The van der Waals surface area contributed by atoms with Gasteiger partial charge in [-0.1, -0.05) is 196 Å². The minimum Gasteiger partial charge on any atom is -0.477 e. The van der Waals surface area contributed by atoms with E-state index in [1.165, 1.54) is 109 Å². The van der Waals surface area contributed by atoms with Gasteiger partial charge in [0.25, 0.3) is 0 Å². The Hall–Kier alpha value is -3.23. The smallest absolute Gasteiger partial charge is 0.362 e. The number of carboxylic acid groups (broad SMARTS) is 1. The molecule has 0 aromatic rings. The van der Waals surface area contributed by atoms with E-state index in [0.717, 1.165) is 89.9 Å². The lowest BCUT2D eigenvalue weighted by molar-refractivity contribution is -0.887. The van der Waals surface area contributed by atoms with Crippen molar-refractivity contribution in [3.63, 3.8) is 0 Å². The van der Waals surface area contributed by atoms with E-state index >= 15 is 0 Å². The molecule has 2 unspecified atom stereocenters. The lowest BCUT2D eigenvalue weighted by Gasteiger charge is -2.31. The van der Waals surface area contributed by atoms with Crippen LogP contribution in [0.1, 0.15) is 232 Å². The molecule has 0 spiro atoms. The minimum atomic E-state index is -0.880. The first-order chi connectivity index (χ1) is 32.6. The zero-order valence-electron chi connectivity index (χ0n) is 44.1. The third-order valence-corrected chi connectivity index (χ3v) is 12.1. The van der Waals surface area contributed by atoms with Crippen molar-refractivity contribution in [2.24, 2.45) is 0 Å². The summed E-state index contributed by atoms with van der Waals surface area (Å²) in [6, 6.07) is -0.624. The van der Waals surface area contributed by atoms with E-state index in [0.29, 0.717) is 19.3 Å². The molecule has 1 N–H and O–H groups in total. The Labute approximate surface area is 412 Å². The lowest BCUT2D eigenvalue weighted by atomic mass is 10.1. The van der Waals surface area contributed by atoms with Gasteiger partial charge in [-0.3, -0.25) is 9.59 Å². The van der Waals surface area contributed by atoms with E-state index in [-0.39, 0.29) is 36.2 Å². The Bertz CT molecular complexity index is 1320. The van der Waals surface area contributed by atoms with Crippen molar-refractivity contribution in [1.29, 1.82) is 0 Å². The number of likely N-dealkylation sites (N-methyl/N-ethyl adjacent to an activating group) is 1. The molecule has 0 bridgehead atoms. The van der Waals surface area contributed by atoms with E-state index in [4.69, 9.17) is 14.2 Å². The van der Waals surface area contributed by atoms with Gasteiger partial charge in [0.1, 0.15) is 6.61 Å². The van der Waals surface area contributed by atoms with Gasteiger partial charge < -0.3 is 23.8 Å². The predicted octanol–water partition coefficient (Wildman–Crippen LogP) is 16.3. The maximum Gasteiger partial charge on any atom is 0.362 e. The van der Waals surface area contributed by atoms with Gasteiger partial charge in [0.2, 0.25) is 0 Å². The van der Waals surface area contributed by atoms with Crippen LogP contribution in [0.25, 0.3) is 0 Å². The van der Waals surface area contributed by atoms with E-state index in [1.807, 2.05) is 21.1 Å². The van der Waals surface area contributed by atoms with Crippen LogP contribution in [-0.4, -0.2) is 80.6 Å². The maximum atomic E-state index is 12.8. The van der Waals surface area contributed by atoms with Crippen LogP contribution >= 0.6 is 0 Å². The molecule has 0 aliphatic rings. The Morgan fingerprint density at radius 1 is 0.448 bits per heavy atom. The highest BCUT2D eigenvalue weighted by molar-refractivity contribution is 5.72. The van der Waals surface area contributed by atoms with E-state index in [9.17, 15) is 19.5 Å². The molecule has 0 amide bonds. The fourth-order valence-electron chi connectivity index (χ4n) is 7.81. The summed E-state index contributed by atoms with van der Waals surface area (Å²) in [7, 11) is 5.53. The molecule has 0 heterocycles. The SMILES string of the molecule is CCCCC/C=C/C/C=C/C/C=C/C/C=C/CCCCCCCC(=O)OC(COCCC(C(=O)O)[N+](C)(C)C)COC(=O)CCCCCCCCC/C=C/C/C=C/CCCCCCCCCC. The average molecular weight is 939 g/mol. The summed E-state index contributed by atoms with van der Waals surface area (Å²) in [5.74, 6) is -1.50. The highest BCUT2D eigenvalue weighted by Gasteiger charge is 2.31. The van der Waals surface area contributed by atoms with Gasteiger partial charge in [-0.15, -0.1) is 0 Å². The Morgan fingerprint density at radius 2 is 0.791 bits per heavy atom. The van der Waals surface area contributed by atoms with E-state index in [2.05, 4.69) is 86.8 Å². The molecule has 0 saturated carbocycles. The van der Waals surface area contributed by atoms with Crippen LogP contribution in [0.15, 0.2) is 72.9 Å². The van der Waals surface area contributed by atoms with Gasteiger partial charge in [0.15, 0.2) is 12.1 Å². The number of nitrogens with zero attached hydrogens (tertiary/aromatic N) is 1. The predicted molar refractivity (Wildman–Crippen MR) is 284 cm³/mol. The van der Waals surface area contributed by atoms with Crippen molar-refractivity contribution in [1.82, 2.24) is 0 Å². The standard InChI is InChI=1S/C59H103NO7/c1-6-8-10-12-14-16-18-20-22-24-26-28-30-31-33-35-37-39-41-43-45-47-49-57(61)66-54-55(53-65-52-51-56(59(63)64)60(3,4)5)67-58(62)50-48-46-44-42-40-38-36-34-32-29-27-25-23-21-19-17-15-13-11-9-7-2/h15,17,21,23-24,26-27,29-31,34,36,55-56H,6-14,16,18-20,22,25,28,32-33,35,37-54H2,1-5H3/p+1/b17-15+,23-21+,26-24+,29-27+,31-30+,36-34+. The second kappa shape index (κ2) is 49.2. The minimum absolute atomic E-state index is 0.0478. The number of hydrogen-bond donors (Lipinski definition) is 1. The number of carbonyl (C=O) groups is 3. The lowest BCUT2D eigenvalue weighted by Crippen LogP contribution is -2.50. The van der Waals surface area contributed by atoms with Gasteiger partial charge in [-0.2, -0.15) is 0 Å². The molecular weight excluding hydrogens is 835 g/mol. The summed E-state index contributed by atoms with van der Waals surface area (Å²) < 4.78 is 17.4. The molecule has 0 aliphatic heterocycles. The summed E-state index contributed by atoms with van der Waals surface area (Å²) in [5.41, 5.74) is 0. The fourth-order valence-corrected chi connectivity index (χ4v) is 7.81. The molecular formula is C59H104NO7+. The number of hydrogen-bond acceptors (Lipinski definition) is 6. The van der Waals surface area contributed by atoms with Crippen molar-refractivity contribution in [2.75, 3.05) is 41.0 Å². The van der Waals surface area contributed by atoms with Crippen molar-refractivity contribution in [3.8, 4) is 0 Å². The first-order valence-corrected chi connectivity index (χ1v) is 27.5. The van der Waals surface area contributed by atoms with Crippen molar-refractivity contribution in [3.05, 3.63) is 72.9 Å². The number of carboxylic acids is 1. The van der Waals surface area contributed by atoms with Gasteiger partial charge in [0, 0.05) is 19.3 Å². The van der Waals surface area contributed by atoms with Crippen molar-refractivity contribution in [2.45, 2.75) is 244 Å². The van der Waals surface area contributed by atoms with Crippen molar-refractivity contribution >= 4 is 17.9 Å². The molecule has 0 rings (SSSR count). The summed E-state index contributed by atoms with van der Waals surface area (Å²) in [6.45, 7) is 4.69. The van der Waals surface area contributed by atoms with Crippen LogP contribution < -0.4 is 0 Å². The highest BCUT2D eigenvalue weighted by Crippen LogP contribution is 2.14. The number of rotatable bonds is 49. The fraction of sp³-hybridized carbons (Fsp3) is 0.746. The summed E-state index contributed by atoms with van der Waals surface area (Å²) in [5, 5.41) is 9.67. The summed E-state index contributed by atoms with van der Waals surface area (Å²) >= 11 is 0. The molecule has 8 heteroatoms. The normalized spacial score (nSPS) is 13.4. The summed E-state index contributed by atoms with van der Waals surface area (Å²) in [4.78, 5) is 37.2. The number of quaternary nitrogens is 1. The molecule has 0 aliphatic carbocycles. The van der Waals surface area contributed by atoms with Gasteiger partial charge in [-0.25, -0.2) is 4.79 Å². The van der Waals surface area contributed by atoms with Gasteiger partial charge in [0.05, 0.1) is 34.4 Å². The molecule has 67 heavy (non-hydrogen) atoms. The van der Waals surface area contributed by atoms with E-state index in [1.54, 1.807) is 0 Å². The third-order valence-electron chi connectivity index (χ3n) is 12.1. The molecule has 0 fully saturated rings. The molecule has 2 atom stereocenters. The number of aliphatic carboxylic acids is 1. The van der Waals surface area contributed by atoms with Gasteiger partial charge in [-0.05, 0) is 89.9 Å². The van der Waals surface area contributed by atoms with Crippen LogP contribution in [0.5, 0.6) is 0 Å². The van der Waals surface area contributed by atoms with Crippen LogP contribution in [-0.2, 0) is 28.6 Å². The van der Waals surface area contributed by atoms with Crippen LogP contribution in [0, 0.1) is 0 Å². The first-order valence-electron chi connectivity index (χ1n) is 27.5. The Morgan fingerprint density at radius 3 is 1.19 bits per heavy atom. The molecule has 0 saturated heterocycles. The quantitative estimate of drug-likeness (QED) is 0.0281. The van der Waals surface area contributed by atoms with Crippen LogP contribution in [0.3, 0.4) is 0 Å². The highest BCUT2D eigenvalue weighted by atomic mass is 16.6. The number of allylic oxidation sites excluding steroid dienone is 12. The largest absolute Gasteiger partial charge is 0.477 e. The zero-order valence-corrected chi connectivity index (χ0v) is 44.1. The Balaban J connectivity index is 4.28. The number of esters is 2. The number of carbonyl (C=O) groups excluding carboxylic acids is 2. The second-order valence-corrected chi connectivity index (χ2v) is 19.5. The molecule has 0 radical (unpaired) electrons. The molecule has 386 valence electrons. The monoisotopic (exact) mass is 939 g/mol. The average Bonchev–Trinajstić information content (AvgIpc) is 3.29. The van der Waals surface area contributed by atoms with E-state index < -0.39 is 18.1 Å². The second-order valence-electron chi connectivity index (χ2n) is 19.5. The Kier molecular flexibility index (Phi) is 46.8. The summed E-state index contributed by atoms with van der Waals surface area (Å²) in [6.07, 6.45) is 63.8.